The molecular weight excluding hydrogens is 387 g/mol. The Hall–Kier alpha value is -3.62. The maximum atomic E-state index is 13.6. The molecule has 0 spiro atoms. The van der Waals surface area contributed by atoms with Gasteiger partial charge in [0.05, 0.1) is 23.7 Å². The number of halogens is 3. The van der Waals surface area contributed by atoms with Crippen LogP contribution < -0.4 is 14.8 Å². The van der Waals surface area contributed by atoms with Gasteiger partial charge in [0.1, 0.15) is 5.82 Å². The van der Waals surface area contributed by atoms with Crippen molar-refractivity contribution in [1.29, 1.82) is 0 Å². The number of amides is 1. The summed E-state index contributed by atoms with van der Waals surface area (Å²) in [7, 11) is 0. The van der Waals surface area contributed by atoms with Crippen molar-refractivity contribution < 1.29 is 27.4 Å². The molecule has 4 rings (SSSR count). The number of anilines is 1. The quantitative estimate of drug-likeness (QED) is 0.675. The number of ether oxygens (including phenoxy) is 2. The monoisotopic (exact) mass is 403 g/mol. The molecule has 0 saturated carbocycles. The van der Waals surface area contributed by atoms with E-state index in [0.29, 0.717) is 0 Å². The molecule has 29 heavy (non-hydrogen) atoms. The van der Waals surface area contributed by atoms with Gasteiger partial charge in [0.2, 0.25) is 0 Å². The van der Waals surface area contributed by atoms with Gasteiger partial charge in [0.15, 0.2) is 17.3 Å². The molecule has 0 aliphatic carbocycles. The molecule has 0 saturated heterocycles. The summed E-state index contributed by atoms with van der Waals surface area (Å²) in [4.78, 5) is 20.2. The van der Waals surface area contributed by atoms with Crippen molar-refractivity contribution in [2.24, 2.45) is 0 Å². The normalized spacial score (nSPS) is 13.3. The topological polar surface area (TPSA) is 73.3 Å². The number of carbonyl (C=O) groups excluding carboxylic acids is 1. The lowest BCUT2D eigenvalue weighted by Crippen LogP contribution is -2.26. The number of nitrogens with zero attached hydrogens (tertiary/aromatic N) is 2. The molecule has 3 aromatic rings. The Morgan fingerprint density at radius 1 is 1.00 bits per heavy atom. The predicted molar refractivity (Wildman–Crippen MR) is 99.4 cm³/mol. The molecule has 2 heterocycles. The second kappa shape index (κ2) is 8.17. The fraction of sp³-hybridized carbons (Fsp3) is 0.150. The van der Waals surface area contributed by atoms with Gasteiger partial charge in [-0.3, -0.25) is 9.78 Å². The van der Waals surface area contributed by atoms with Crippen molar-refractivity contribution in [1.82, 2.24) is 9.97 Å². The minimum Gasteiger partial charge on any atom is -0.395 e. The minimum absolute atomic E-state index is 0.0714. The van der Waals surface area contributed by atoms with E-state index in [9.17, 15) is 18.0 Å². The van der Waals surface area contributed by atoms with Crippen LogP contribution in [0.2, 0.25) is 0 Å². The number of para-hydroxylation sites is 1. The lowest BCUT2D eigenvalue weighted by molar-refractivity contribution is -0.286. The molecule has 2 aromatic carbocycles. The summed E-state index contributed by atoms with van der Waals surface area (Å²) in [6, 6.07) is 9.86. The van der Waals surface area contributed by atoms with E-state index in [1.807, 2.05) is 13.8 Å². The summed E-state index contributed by atoms with van der Waals surface area (Å²) >= 11 is 0. The van der Waals surface area contributed by atoms with Crippen molar-refractivity contribution in [2.45, 2.75) is 20.1 Å². The van der Waals surface area contributed by atoms with E-state index in [1.165, 1.54) is 48.8 Å². The summed E-state index contributed by atoms with van der Waals surface area (Å²) in [5, 5.41) is 2.41. The van der Waals surface area contributed by atoms with E-state index in [0.717, 1.165) is 6.07 Å². The zero-order valence-corrected chi connectivity index (χ0v) is 15.4. The smallest absolute Gasteiger partial charge is 0.395 e. The van der Waals surface area contributed by atoms with Crippen molar-refractivity contribution in [3.05, 3.63) is 66.2 Å². The van der Waals surface area contributed by atoms with Gasteiger partial charge in [0, 0.05) is 5.56 Å². The second-order valence-corrected chi connectivity index (χ2v) is 5.52. The highest BCUT2D eigenvalue weighted by Crippen LogP contribution is 2.46. The van der Waals surface area contributed by atoms with E-state index >= 15 is 0 Å². The highest BCUT2D eigenvalue weighted by Gasteiger charge is 2.44. The van der Waals surface area contributed by atoms with Gasteiger partial charge in [-0.25, -0.2) is 9.37 Å². The summed E-state index contributed by atoms with van der Waals surface area (Å²) in [6.07, 6.45) is -1.26. The fourth-order valence-electron chi connectivity index (χ4n) is 2.53. The number of alkyl halides is 2. The highest BCUT2D eigenvalue weighted by atomic mass is 19.3. The molecule has 1 aliphatic rings. The van der Waals surface area contributed by atoms with Crippen LogP contribution in [0, 0.1) is 5.82 Å². The Kier molecular flexibility index (Phi) is 5.67. The first-order valence-corrected chi connectivity index (χ1v) is 8.70. The van der Waals surface area contributed by atoms with Crippen LogP contribution in [0.1, 0.15) is 24.2 Å². The lowest BCUT2D eigenvalue weighted by Gasteiger charge is -2.08. The number of hydrogen-bond donors (Lipinski definition) is 1. The Labute approximate surface area is 164 Å². The second-order valence-electron chi connectivity index (χ2n) is 5.52. The van der Waals surface area contributed by atoms with E-state index in [1.54, 1.807) is 0 Å². The molecule has 0 atom stereocenters. The zero-order valence-electron chi connectivity index (χ0n) is 15.4. The summed E-state index contributed by atoms with van der Waals surface area (Å²) in [5.74, 6) is -1.55. The van der Waals surface area contributed by atoms with Crippen molar-refractivity contribution >= 4 is 11.7 Å². The molecule has 1 aliphatic heterocycles. The molecule has 0 radical (unpaired) electrons. The third-order valence-corrected chi connectivity index (χ3v) is 3.72. The Morgan fingerprint density at radius 2 is 1.76 bits per heavy atom. The fourth-order valence-corrected chi connectivity index (χ4v) is 2.53. The van der Waals surface area contributed by atoms with Crippen LogP contribution in [0.15, 0.2) is 54.9 Å². The molecule has 150 valence electrons. The molecule has 6 nitrogen and oxygen atoms in total. The molecular formula is C20H16F3N3O3. The Bertz CT molecular complexity index is 1030. The third kappa shape index (κ3) is 4.29. The highest BCUT2D eigenvalue weighted by molar-refractivity contribution is 6.03. The molecule has 0 fully saturated rings. The van der Waals surface area contributed by atoms with Gasteiger partial charge in [-0.05, 0) is 24.3 Å². The number of carbonyl (C=O) groups is 1. The van der Waals surface area contributed by atoms with Gasteiger partial charge in [-0.1, -0.05) is 32.0 Å². The number of aromatic nitrogens is 2. The van der Waals surface area contributed by atoms with E-state index in [4.69, 9.17) is 0 Å². The third-order valence-electron chi connectivity index (χ3n) is 3.72. The minimum atomic E-state index is -3.75. The van der Waals surface area contributed by atoms with Crippen LogP contribution >= 0.6 is 0 Å². The Morgan fingerprint density at radius 3 is 2.45 bits per heavy atom. The van der Waals surface area contributed by atoms with Crippen LogP contribution in [0.4, 0.5) is 19.0 Å². The number of nitrogens with one attached hydrogen (secondary N) is 1. The SMILES string of the molecule is CC.O=C(Nc1cnc(-c2cccc3c2OC(F)(F)O3)cn1)c1ccccc1F. The van der Waals surface area contributed by atoms with Crippen molar-refractivity contribution in [3.8, 4) is 22.8 Å². The number of hydrogen-bond acceptors (Lipinski definition) is 5. The first kappa shape index (κ1) is 20.1. The molecule has 0 bridgehead atoms. The summed E-state index contributed by atoms with van der Waals surface area (Å²) in [5.41, 5.74) is 0.346. The average Bonchev–Trinajstić information content (AvgIpc) is 3.04. The summed E-state index contributed by atoms with van der Waals surface area (Å²) in [6.45, 7) is 4.00. The van der Waals surface area contributed by atoms with Gasteiger partial charge < -0.3 is 14.8 Å². The predicted octanol–water partition coefficient (Wildman–Crippen LogP) is 4.88. The lowest BCUT2D eigenvalue weighted by atomic mass is 10.1. The number of benzene rings is 2. The van der Waals surface area contributed by atoms with Crippen LogP contribution in [0.5, 0.6) is 11.5 Å². The maximum absolute atomic E-state index is 13.6. The largest absolute Gasteiger partial charge is 0.586 e. The van der Waals surface area contributed by atoms with Crippen LogP contribution in [-0.4, -0.2) is 22.2 Å². The van der Waals surface area contributed by atoms with Crippen LogP contribution in [-0.2, 0) is 0 Å². The van der Waals surface area contributed by atoms with Crippen LogP contribution in [0.25, 0.3) is 11.3 Å². The van der Waals surface area contributed by atoms with Gasteiger partial charge in [-0.2, -0.15) is 0 Å². The first-order chi connectivity index (χ1) is 13.9. The van der Waals surface area contributed by atoms with Gasteiger partial charge in [-0.15, -0.1) is 8.78 Å². The maximum Gasteiger partial charge on any atom is 0.586 e. The molecule has 1 amide bonds. The molecule has 1 aromatic heterocycles. The number of fused-ring (bicyclic) bond motifs is 1. The van der Waals surface area contributed by atoms with Gasteiger partial charge >= 0.3 is 6.29 Å². The zero-order chi connectivity index (χ0) is 21.0. The Balaban J connectivity index is 0.00000117. The van der Waals surface area contributed by atoms with Crippen molar-refractivity contribution in [3.63, 3.8) is 0 Å². The molecule has 0 unspecified atom stereocenters. The first-order valence-electron chi connectivity index (χ1n) is 8.70. The molecule has 9 heteroatoms. The average molecular weight is 403 g/mol. The van der Waals surface area contributed by atoms with Gasteiger partial charge in [0.25, 0.3) is 5.91 Å². The molecule has 1 N–H and O–H groups in total. The van der Waals surface area contributed by atoms with E-state index < -0.39 is 18.0 Å². The van der Waals surface area contributed by atoms with Crippen molar-refractivity contribution in [2.75, 3.05) is 5.32 Å². The van der Waals surface area contributed by atoms with E-state index in [-0.39, 0.29) is 34.1 Å². The van der Waals surface area contributed by atoms with Crippen LogP contribution in [0.3, 0.4) is 0 Å². The number of rotatable bonds is 3. The summed E-state index contributed by atoms with van der Waals surface area (Å²) < 4.78 is 49.1. The van der Waals surface area contributed by atoms with E-state index in [2.05, 4.69) is 24.8 Å². The standard InChI is InChI=1S/C18H10F3N3O3.C2H6/c19-12-6-2-1-4-10(12)17(25)24-15-9-22-13(8-23-15)11-5-3-7-14-16(11)27-18(20,21)26-14;1-2/h1-9H,(H,23,24,25);1-2H3.